The van der Waals surface area contributed by atoms with Crippen LogP contribution in [0.2, 0.25) is 10.0 Å². The van der Waals surface area contributed by atoms with Crippen LogP contribution < -0.4 is 14.5 Å². The Balaban J connectivity index is 1.62. The largest absolute Gasteiger partial charge is 0.497 e. The Morgan fingerprint density at radius 3 is 2.50 bits per heavy atom. The van der Waals surface area contributed by atoms with E-state index in [4.69, 9.17) is 27.9 Å². The Kier molecular flexibility index (Phi) is 7.14. The molecular weight excluding hydrogens is 500 g/mol. The van der Waals surface area contributed by atoms with E-state index in [0.717, 1.165) is 17.4 Å². The molecule has 34 heavy (non-hydrogen) atoms. The lowest BCUT2D eigenvalue weighted by Crippen LogP contribution is -2.29. The number of sulfonamides is 1. The van der Waals surface area contributed by atoms with Crippen LogP contribution >= 0.6 is 23.2 Å². The first-order valence-corrected chi connectivity index (χ1v) is 12.6. The third kappa shape index (κ3) is 5.20. The summed E-state index contributed by atoms with van der Waals surface area (Å²) in [5, 5.41) is 7.39. The van der Waals surface area contributed by atoms with Crippen molar-refractivity contribution in [3.05, 3.63) is 87.7 Å². The predicted molar refractivity (Wildman–Crippen MR) is 133 cm³/mol. The number of methoxy groups -OCH3 is 1. The van der Waals surface area contributed by atoms with Crippen molar-refractivity contribution in [2.45, 2.75) is 24.3 Å². The first kappa shape index (κ1) is 24.5. The molecule has 178 valence electrons. The number of hydrogen-bond acceptors (Lipinski definition) is 5. The van der Waals surface area contributed by atoms with Crippen molar-refractivity contribution in [1.82, 2.24) is 4.72 Å². The van der Waals surface area contributed by atoms with Gasteiger partial charge in [-0.25, -0.2) is 17.5 Å². The summed E-state index contributed by atoms with van der Waals surface area (Å²) in [5.74, 6) is 0.232. The third-order valence-electron chi connectivity index (χ3n) is 5.52. The van der Waals surface area contributed by atoms with Crippen LogP contribution in [0, 0.1) is 12.7 Å². The van der Waals surface area contributed by atoms with Gasteiger partial charge in [0.25, 0.3) is 0 Å². The van der Waals surface area contributed by atoms with E-state index in [1.807, 2.05) is 24.3 Å². The highest BCUT2D eigenvalue weighted by Crippen LogP contribution is 2.40. The summed E-state index contributed by atoms with van der Waals surface area (Å²) in [6, 6.07) is 16.1. The van der Waals surface area contributed by atoms with Gasteiger partial charge in [-0.1, -0.05) is 35.3 Å². The third-order valence-corrected chi connectivity index (χ3v) is 7.62. The van der Waals surface area contributed by atoms with E-state index in [-0.39, 0.29) is 17.5 Å². The van der Waals surface area contributed by atoms with Crippen molar-refractivity contribution in [3.8, 4) is 5.75 Å². The molecule has 1 unspecified atom stereocenters. The second-order valence-electron chi connectivity index (χ2n) is 7.83. The standard InChI is InChI=1S/C24H22Cl2FN3O3S/c1-15-11-18(27)6-10-24(15)34(31,32)28-14-19-13-23(16-3-7-20(33-2)8-4-16)30(29-19)22-9-5-17(25)12-21(22)26/h3-12,23,28H,13-14H2,1-2H3. The molecule has 3 aromatic rings. The SMILES string of the molecule is COc1ccc(C2CC(CNS(=O)(=O)c3ccc(F)cc3C)=NN2c2ccc(Cl)cc2Cl)cc1. The molecule has 0 radical (unpaired) electrons. The average molecular weight is 522 g/mol. The highest BCUT2D eigenvalue weighted by Gasteiger charge is 2.31. The molecule has 0 saturated carbocycles. The Labute approximate surface area is 208 Å². The molecule has 10 heteroatoms. The zero-order chi connectivity index (χ0) is 24.5. The van der Waals surface area contributed by atoms with E-state index >= 15 is 0 Å². The second kappa shape index (κ2) is 9.92. The lowest BCUT2D eigenvalue weighted by Gasteiger charge is -2.25. The summed E-state index contributed by atoms with van der Waals surface area (Å²) in [7, 11) is -2.26. The lowest BCUT2D eigenvalue weighted by atomic mass is 10.0. The molecule has 4 rings (SSSR count). The van der Waals surface area contributed by atoms with Gasteiger partial charge in [-0.2, -0.15) is 5.10 Å². The quantitative estimate of drug-likeness (QED) is 0.430. The van der Waals surface area contributed by atoms with Gasteiger partial charge in [-0.3, -0.25) is 5.01 Å². The summed E-state index contributed by atoms with van der Waals surface area (Å²) in [5.41, 5.74) is 2.56. The minimum Gasteiger partial charge on any atom is -0.497 e. The molecule has 6 nitrogen and oxygen atoms in total. The molecule has 0 fully saturated rings. The van der Waals surface area contributed by atoms with Gasteiger partial charge in [-0.15, -0.1) is 0 Å². The molecule has 0 amide bonds. The monoisotopic (exact) mass is 521 g/mol. The number of hydrazone groups is 1. The van der Waals surface area contributed by atoms with Crippen molar-refractivity contribution < 1.29 is 17.5 Å². The van der Waals surface area contributed by atoms with E-state index in [2.05, 4.69) is 9.82 Å². The zero-order valence-corrected chi connectivity index (χ0v) is 20.8. The van der Waals surface area contributed by atoms with Crippen LogP contribution in [0.15, 0.2) is 70.7 Å². The molecule has 1 aliphatic rings. The number of rotatable bonds is 7. The van der Waals surface area contributed by atoms with Crippen LogP contribution in [0.4, 0.5) is 10.1 Å². The maximum Gasteiger partial charge on any atom is 0.241 e. The summed E-state index contributed by atoms with van der Waals surface area (Å²) < 4.78 is 46.9. The van der Waals surface area contributed by atoms with Gasteiger partial charge in [-0.05, 0) is 66.6 Å². The van der Waals surface area contributed by atoms with Crippen LogP contribution in [0.25, 0.3) is 0 Å². The first-order valence-electron chi connectivity index (χ1n) is 10.4. The molecular formula is C24H22Cl2FN3O3S. The van der Waals surface area contributed by atoms with Crippen molar-refractivity contribution in [3.63, 3.8) is 0 Å². The Morgan fingerprint density at radius 1 is 1.12 bits per heavy atom. The summed E-state index contributed by atoms with van der Waals surface area (Å²) in [4.78, 5) is 0.0248. The molecule has 0 bridgehead atoms. The lowest BCUT2D eigenvalue weighted by molar-refractivity contribution is 0.414. The number of anilines is 1. The maximum atomic E-state index is 13.4. The molecule has 1 N–H and O–H groups in total. The number of halogens is 3. The number of benzene rings is 3. The minimum absolute atomic E-state index is 0.00644. The molecule has 3 aromatic carbocycles. The van der Waals surface area contributed by atoms with Gasteiger partial charge in [0.15, 0.2) is 0 Å². The summed E-state index contributed by atoms with van der Waals surface area (Å²) in [6.45, 7) is 1.54. The van der Waals surface area contributed by atoms with Gasteiger partial charge < -0.3 is 4.74 Å². The number of nitrogens with one attached hydrogen (secondary N) is 1. The van der Waals surface area contributed by atoms with E-state index in [0.29, 0.717) is 33.4 Å². The van der Waals surface area contributed by atoms with Gasteiger partial charge in [0.2, 0.25) is 10.0 Å². The van der Waals surface area contributed by atoms with Crippen molar-refractivity contribution in [2.75, 3.05) is 18.7 Å². The van der Waals surface area contributed by atoms with Crippen LogP contribution in [-0.4, -0.2) is 27.8 Å². The van der Waals surface area contributed by atoms with Crippen LogP contribution in [0.1, 0.15) is 23.6 Å². The van der Waals surface area contributed by atoms with Crippen molar-refractivity contribution in [2.24, 2.45) is 5.10 Å². The van der Waals surface area contributed by atoms with Gasteiger partial charge in [0, 0.05) is 11.4 Å². The summed E-state index contributed by atoms with van der Waals surface area (Å²) >= 11 is 12.5. The van der Waals surface area contributed by atoms with Gasteiger partial charge >= 0.3 is 0 Å². The molecule has 1 aliphatic heterocycles. The predicted octanol–water partition coefficient (Wildman–Crippen LogP) is 5.74. The minimum atomic E-state index is -3.86. The molecule has 0 aliphatic carbocycles. The smallest absolute Gasteiger partial charge is 0.241 e. The molecule has 1 atom stereocenters. The van der Waals surface area contributed by atoms with Crippen molar-refractivity contribution >= 4 is 44.6 Å². The van der Waals surface area contributed by atoms with E-state index in [1.54, 1.807) is 37.2 Å². The number of ether oxygens (including phenoxy) is 1. The van der Waals surface area contributed by atoms with Crippen LogP contribution in [0.5, 0.6) is 5.75 Å². The summed E-state index contributed by atoms with van der Waals surface area (Å²) in [6.07, 6.45) is 0.468. The maximum absolute atomic E-state index is 13.4. The Hall–Kier alpha value is -2.65. The normalized spacial score (nSPS) is 16.0. The van der Waals surface area contributed by atoms with E-state index < -0.39 is 15.8 Å². The van der Waals surface area contributed by atoms with E-state index in [1.165, 1.54) is 12.1 Å². The molecule has 0 saturated heterocycles. The topological polar surface area (TPSA) is 71.0 Å². The molecule has 0 aromatic heterocycles. The highest BCUT2D eigenvalue weighted by molar-refractivity contribution is 7.89. The first-order chi connectivity index (χ1) is 16.2. The van der Waals surface area contributed by atoms with Crippen LogP contribution in [-0.2, 0) is 10.0 Å². The zero-order valence-electron chi connectivity index (χ0n) is 18.4. The van der Waals surface area contributed by atoms with Crippen molar-refractivity contribution in [1.29, 1.82) is 0 Å². The number of aryl methyl sites for hydroxylation is 1. The number of nitrogens with zero attached hydrogens (tertiary/aromatic N) is 2. The van der Waals surface area contributed by atoms with Crippen LogP contribution in [0.3, 0.4) is 0 Å². The fraction of sp³-hybridized carbons (Fsp3) is 0.208. The Bertz CT molecular complexity index is 1350. The highest BCUT2D eigenvalue weighted by atomic mass is 35.5. The Morgan fingerprint density at radius 2 is 1.85 bits per heavy atom. The number of hydrogen-bond donors (Lipinski definition) is 1. The molecule has 1 heterocycles. The second-order valence-corrected chi connectivity index (χ2v) is 10.4. The fourth-order valence-corrected chi connectivity index (χ4v) is 5.56. The van der Waals surface area contributed by atoms with Gasteiger partial charge in [0.1, 0.15) is 11.6 Å². The average Bonchev–Trinajstić information content (AvgIpc) is 3.21. The van der Waals surface area contributed by atoms with Gasteiger partial charge in [0.05, 0.1) is 41.0 Å². The molecule has 0 spiro atoms. The fourth-order valence-electron chi connectivity index (χ4n) is 3.82. The van der Waals surface area contributed by atoms with E-state index in [9.17, 15) is 12.8 Å².